The van der Waals surface area contributed by atoms with Gasteiger partial charge < -0.3 is 15.2 Å². The van der Waals surface area contributed by atoms with E-state index in [0.29, 0.717) is 25.4 Å². The maximum Gasteiger partial charge on any atom is 0.151 e. The molecule has 0 unspecified atom stereocenters. The average molecular weight is 213 g/mol. The minimum atomic E-state index is -0.395. The molecule has 1 aromatic rings. The predicted molar refractivity (Wildman–Crippen MR) is 57.0 cm³/mol. The fourth-order valence-corrected chi connectivity index (χ4v) is 1.16. The van der Waals surface area contributed by atoms with E-state index in [1.165, 1.54) is 6.07 Å². The van der Waals surface area contributed by atoms with E-state index in [4.69, 9.17) is 15.2 Å². The summed E-state index contributed by atoms with van der Waals surface area (Å²) in [4.78, 5) is 0. The molecular formula is C11H16FNO2. The lowest BCUT2D eigenvalue weighted by Crippen LogP contribution is -2.05. The van der Waals surface area contributed by atoms with Gasteiger partial charge in [0.1, 0.15) is 0 Å². The number of hydrogen-bond acceptors (Lipinski definition) is 3. The van der Waals surface area contributed by atoms with Gasteiger partial charge in [0.15, 0.2) is 5.82 Å². The Hall–Kier alpha value is -1.13. The van der Waals surface area contributed by atoms with E-state index < -0.39 is 5.82 Å². The van der Waals surface area contributed by atoms with Gasteiger partial charge in [-0.2, -0.15) is 0 Å². The zero-order valence-corrected chi connectivity index (χ0v) is 8.83. The third-order valence-corrected chi connectivity index (χ3v) is 1.94. The number of hydrogen-bond donors (Lipinski definition) is 1. The van der Waals surface area contributed by atoms with E-state index in [1.807, 2.05) is 6.92 Å². The minimum Gasteiger partial charge on any atom is -0.396 e. The SMILES string of the molecule is CCOCCOCc1cccc(N)c1F. The molecule has 0 aromatic heterocycles. The van der Waals surface area contributed by atoms with Gasteiger partial charge in [0.05, 0.1) is 25.5 Å². The molecule has 1 aromatic carbocycles. The minimum absolute atomic E-state index is 0.154. The first kappa shape index (κ1) is 11.9. The molecule has 0 aliphatic heterocycles. The molecule has 2 N–H and O–H groups in total. The summed E-state index contributed by atoms with van der Waals surface area (Å²) in [5.41, 5.74) is 6.05. The number of ether oxygens (including phenoxy) is 2. The zero-order valence-electron chi connectivity index (χ0n) is 8.83. The summed E-state index contributed by atoms with van der Waals surface area (Å²) in [5.74, 6) is -0.395. The van der Waals surface area contributed by atoms with Gasteiger partial charge in [-0.3, -0.25) is 0 Å². The number of nitrogen functional groups attached to an aromatic ring is 1. The second-order valence-corrected chi connectivity index (χ2v) is 3.07. The van der Waals surface area contributed by atoms with Crippen molar-refractivity contribution in [3.05, 3.63) is 29.6 Å². The Morgan fingerprint density at radius 3 is 2.73 bits per heavy atom. The Kier molecular flexibility index (Phi) is 5.07. The predicted octanol–water partition coefficient (Wildman–Crippen LogP) is 1.96. The molecule has 3 nitrogen and oxygen atoms in total. The topological polar surface area (TPSA) is 44.5 Å². The highest BCUT2D eigenvalue weighted by Gasteiger charge is 2.04. The fraction of sp³-hybridized carbons (Fsp3) is 0.455. The van der Waals surface area contributed by atoms with E-state index >= 15 is 0 Å². The van der Waals surface area contributed by atoms with Gasteiger partial charge in [-0.05, 0) is 13.0 Å². The molecule has 4 heteroatoms. The lowest BCUT2D eigenvalue weighted by Gasteiger charge is -2.06. The van der Waals surface area contributed by atoms with Crippen molar-refractivity contribution in [1.29, 1.82) is 0 Å². The van der Waals surface area contributed by atoms with Gasteiger partial charge in [-0.15, -0.1) is 0 Å². The lowest BCUT2D eigenvalue weighted by atomic mass is 10.2. The van der Waals surface area contributed by atoms with Crippen molar-refractivity contribution in [3.8, 4) is 0 Å². The van der Waals surface area contributed by atoms with E-state index in [-0.39, 0.29) is 12.3 Å². The van der Waals surface area contributed by atoms with Crippen LogP contribution in [0.1, 0.15) is 12.5 Å². The molecule has 0 radical (unpaired) electrons. The number of anilines is 1. The van der Waals surface area contributed by atoms with E-state index in [1.54, 1.807) is 12.1 Å². The molecule has 0 atom stereocenters. The van der Waals surface area contributed by atoms with Crippen LogP contribution in [0.4, 0.5) is 10.1 Å². The van der Waals surface area contributed by atoms with Crippen LogP contribution in [0, 0.1) is 5.82 Å². The van der Waals surface area contributed by atoms with Crippen LogP contribution in [0.3, 0.4) is 0 Å². The van der Waals surface area contributed by atoms with E-state index in [0.717, 1.165) is 0 Å². The van der Waals surface area contributed by atoms with Crippen molar-refractivity contribution >= 4 is 5.69 Å². The molecule has 84 valence electrons. The molecule has 0 aliphatic carbocycles. The molecule has 0 aliphatic rings. The Labute approximate surface area is 89.0 Å². The molecule has 1 rings (SSSR count). The Bertz CT molecular complexity index is 305. The van der Waals surface area contributed by atoms with Crippen LogP contribution in [0.5, 0.6) is 0 Å². The van der Waals surface area contributed by atoms with Crippen LogP contribution < -0.4 is 5.73 Å². The number of benzene rings is 1. The first-order valence-electron chi connectivity index (χ1n) is 4.94. The van der Waals surface area contributed by atoms with Crippen molar-refractivity contribution in [3.63, 3.8) is 0 Å². The second-order valence-electron chi connectivity index (χ2n) is 3.07. The lowest BCUT2D eigenvalue weighted by molar-refractivity contribution is 0.0443. The van der Waals surface area contributed by atoms with Crippen LogP contribution in [0.25, 0.3) is 0 Å². The van der Waals surface area contributed by atoms with E-state index in [9.17, 15) is 4.39 Å². The largest absolute Gasteiger partial charge is 0.396 e. The molecule has 0 bridgehead atoms. The third-order valence-electron chi connectivity index (χ3n) is 1.94. The van der Waals surface area contributed by atoms with Crippen LogP contribution in [0.2, 0.25) is 0 Å². The van der Waals surface area contributed by atoms with Crippen molar-refractivity contribution in [2.45, 2.75) is 13.5 Å². The summed E-state index contributed by atoms with van der Waals surface area (Å²) in [5, 5.41) is 0. The molecule has 0 spiro atoms. The highest BCUT2D eigenvalue weighted by molar-refractivity contribution is 5.42. The Morgan fingerprint density at radius 1 is 1.27 bits per heavy atom. The normalized spacial score (nSPS) is 10.5. The zero-order chi connectivity index (χ0) is 11.1. The van der Waals surface area contributed by atoms with Crippen molar-refractivity contribution in [2.75, 3.05) is 25.6 Å². The number of rotatable bonds is 6. The van der Waals surface area contributed by atoms with Crippen molar-refractivity contribution < 1.29 is 13.9 Å². The van der Waals surface area contributed by atoms with Crippen molar-refractivity contribution in [2.24, 2.45) is 0 Å². The number of halogens is 1. The van der Waals surface area contributed by atoms with Gasteiger partial charge >= 0.3 is 0 Å². The molecule has 15 heavy (non-hydrogen) atoms. The first-order chi connectivity index (χ1) is 7.25. The highest BCUT2D eigenvalue weighted by Crippen LogP contribution is 2.15. The second kappa shape index (κ2) is 6.37. The fourth-order valence-electron chi connectivity index (χ4n) is 1.16. The van der Waals surface area contributed by atoms with Gasteiger partial charge in [0.25, 0.3) is 0 Å². The smallest absolute Gasteiger partial charge is 0.151 e. The molecule has 0 fully saturated rings. The summed E-state index contributed by atoms with van der Waals surface area (Å²) in [6, 6.07) is 4.89. The monoisotopic (exact) mass is 213 g/mol. The summed E-state index contributed by atoms with van der Waals surface area (Å²) in [6.07, 6.45) is 0. The standard InChI is InChI=1S/C11H16FNO2/c1-2-14-6-7-15-8-9-4-3-5-10(13)11(9)12/h3-5H,2,6-8,13H2,1H3. The Morgan fingerprint density at radius 2 is 2.00 bits per heavy atom. The average Bonchev–Trinajstić information content (AvgIpc) is 2.24. The van der Waals surface area contributed by atoms with E-state index in [2.05, 4.69) is 0 Å². The van der Waals surface area contributed by atoms with Crippen LogP contribution in [-0.2, 0) is 16.1 Å². The van der Waals surface area contributed by atoms with Gasteiger partial charge in [-0.1, -0.05) is 12.1 Å². The molecular weight excluding hydrogens is 197 g/mol. The Balaban J connectivity index is 2.34. The summed E-state index contributed by atoms with van der Waals surface area (Å²) in [7, 11) is 0. The molecule has 0 amide bonds. The molecule has 0 saturated heterocycles. The van der Waals surface area contributed by atoms with Crippen LogP contribution in [0.15, 0.2) is 18.2 Å². The quantitative estimate of drug-likeness (QED) is 0.580. The molecule has 0 saturated carbocycles. The van der Waals surface area contributed by atoms with Gasteiger partial charge in [-0.25, -0.2) is 4.39 Å². The van der Waals surface area contributed by atoms with Gasteiger partial charge in [0.2, 0.25) is 0 Å². The molecule has 0 heterocycles. The van der Waals surface area contributed by atoms with Gasteiger partial charge in [0, 0.05) is 12.2 Å². The maximum absolute atomic E-state index is 13.3. The maximum atomic E-state index is 13.3. The van der Waals surface area contributed by atoms with Crippen LogP contribution >= 0.6 is 0 Å². The first-order valence-corrected chi connectivity index (χ1v) is 4.94. The highest BCUT2D eigenvalue weighted by atomic mass is 19.1. The number of nitrogens with two attached hydrogens (primary N) is 1. The summed E-state index contributed by atoms with van der Waals surface area (Å²) >= 11 is 0. The summed E-state index contributed by atoms with van der Waals surface area (Å²) < 4.78 is 23.7. The summed E-state index contributed by atoms with van der Waals surface area (Å²) in [6.45, 7) is 3.79. The van der Waals surface area contributed by atoms with Crippen LogP contribution in [-0.4, -0.2) is 19.8 Å². The third kappa shape index (κ3) is 3.85. The van der Waals surface area contributed by atoms with Crippen molar-refractivity contribution in [1.82, 2.24) is 0 Å².